The van der Waals surface area contributed by atoms with E-state index >= 15 is 0 Å². The lowest BCUT2D eigenvalue weighted by atomic mass is 9.94. The van der Waals surface area contributed by atoms with Gasteiger partial charge in [-0.15, -0.1) is 45.5 Å². The molecule has 6 fully saturated rings. The van der Waals surface area contributed by atoms with Gasteiger partial charge in [-0.25, -0.2) is 38.1 Å². The van der Waals surface area contributed by atoms with E-state index in [0.717, 1.165) is 0 Å². The number of benzene rings is 2. The van der Waals surface area contributed by atoms with Crippen LogP contribution in [0.4, 0.5) is 19.2 Å². The highest BCUT2D eigenvalue weighted by Crippen LogP contribution is 2.44. The number of imide groups is 2. The molecule has 0 radical (unpaired) electrons. The number of aromatic nitrogens is 8. The Bertz CT molecular complexity index is 3570. The largest absolute Gasteiger partial charge is 0.480 e. The number of carboxylic acids is 2. The Morgan fingerprint density at radius 2 is 1.07 bits per heavy atom. The minimum atomic E-state index is -1.61. The highest BCUT2D eigenvalue weighted by molar-refractivity contribution is 8.03. The van der Waals surface area contributed by atoms with Crippen molar-refractivity contribution in [2.24, 2.45) is 20.0 Å². The predicted octanol–water partition coefficient (Wildman–Crippen LogP) is -3.07. The Balaban J connectivity index is 0.687. The molecule has 0 aliphatic carbocycles. The van der Waals surface area contributed by atoms with Gasteiger partial charge in [0.2, 0.25) is 28.8 Å². The van der Waals surface area contributed by atoms with E-state index in [4.69, 9.17) is 14.2 Å². The average Bonchev–Trinajstić information content (AvgIpc) is 1.39. The maximum absolute atomic E-state index is 14.2. The Hall–Kier alpha value is -9.88. The van der Waals surface area contributed by atoms with Crippen LogP contribution in [-0.2, 0) is 72.5 Å². The number of β-lactam (4-membered cyclic amide) rings is 2. The van der Waals surface area contributed by atoms with Gasteiger partial charge in [0.05, 0.1) is 19.0 Å². The monoisotopic (exact) mass is 1450 g/mol. The van der Waals surface area contributed by atoms with Crippen molar-refractivity contribution in [3.8, 4) is 11.5 Å². The second-order valence-electron chi connectivity index (χ2n) is 22.5. The van der Waals surface area contributed by atoms with Gasteiger partial charge in [-0.2, -0.15) is 0 Å². The number of rotatable bonds is 26. The van der Waals surface area contributed by atoms with Gasteiger partial charge < -0.3 is 75.9 Å². The minimum Gasteiger partial charge on any atom is -0.480 e. The molecule has 8 unspecified atom stereocenters. The summed E-state index contributed by atoms with van der Waals surface area (Å²) in [5.74, 6) is -8.80. The normalized spacial score (nSPS) is 22.6. The first-order valence-electron chi connectivity index (χ1n) is 30.6. The molecule has 8 N–H and O–H groups in total. The zero-order valence-electron chi connectivity index (χ0n) is 53.0. The number of thioether (sulfide) groups is 4. The van der Waals surface area contributed by atoms with Crippen LogP contribution in [0.5, 0.6) is 11.5 Å². The van der Waals surface area contributed by atoms with Gasteiger partial charge in [0, 0.05) is 94.9 Å². The van der Waals surface area contributed by atoms with E-state index in [1.54, 1.807) is 27.9 Å². The number of carbonyl (C=O) groups excluding carboxylic acids is 12. The number of ether oxygens (including phenoxy) is 3. The SMILES string of the molecule is CCN1CCN(C(=O)NC(C(=O)N[C@H]2C(=O)N3C(C(=O)O)C(CSc4nnnn4C)CSC23)c2ccc(OC(=O)NCCOCCNC(=O)Oc3ccc(C(NC(=O)N4CCN(CC)C(=O)C4=O)C(=O)N[C@H]4C(=O)N5C(C(=O)O)C(SCc6nnnn6C)CSC45)cc3)cc2)C(=O)C1=O. The van der Waals surface area contributed by atoms with Crippen molar-refractivity contribution in [1.82, 2.24) is 102 Å². The summed E-state index contributed by atoms with van der Waals surface area (Å²) in [4.78, 5) is 192. The van der Waals surface area contributed by atoms with Gasteiger partial charge in [0.15, 0.2) is 5.82 Å². The van der Waals surface area contributed by atoms with Crippen molar-refractivity contribution >= 4 is 130 Å². The predicted molar refractivity (Wildman–Crippen MR) is 342 cm³/mol. The van der Waals surface area contributed by atoms with Crippen LogP contribution in [0.3, 0.4) is 0 Å². The number of urea groups is 2. The summed E-state index contributed by atoms with van der Waals surface area (Å²) in [6.45, 7) is 3.17. The van der Waals surface area contributed by atoms with Gasteiger partial charge in [-0.3, -0.25) is 48.2 Å². The number of hydrogen-bond acceptors (Lipinski definition) is 27. The standard InChI is InChI=1S/C56H66N20O19S4/c1-5-71-17-19-73(46(83)44(71)81)52(89)61-34(40(77)59-36-42(79)75-38(50(85)86)29(23-97-48(36)75)24-99-54-64-66-68-70(54)4)27-7-11-30(12-8-27)94-55(91)57-15-21-93-22-16-58-56(92)95-31-13-9-28(10-14-31)35(62-53(90)74-20-18-72(6-2)45(82)47(74)84)41(78)60-37-43(80)76-39(51(87)88)32(25-98-49(37)76)96-26-33-63-65-67-69(33)3/h7-14,29,32,34-39,48-49H,5-6,15-26H2,1-4H3,(H,57,91)(H,58,92)(H,59,77)(H,60,78)(H,61,89)(H,62,90)(H,85,86)(H,87,88)/t29?,32?,34?,35?,36-,37-,38?,39?,48?,49?/m0/s1. The van der Waals surface area contributed by atoms with Gasteiger partial charge in [0.25, 0.3) is 0 Å². The van der Waals surface area contributed by atoms with E-state index in [9.17, 15) is 77.3 Å². The number of amides is 14. The summed E-state index contributed by atoms with van der Waals surface area (Å²) in [6.07, 6.45) is -1.85. The van der Waals surface area contributed by atoms with E-state index in [0.29, 0.717) is 26.5 Å². The third-order valence-corrected chi connectivity index (χ3v) is 22.1. The molecule has 4 aromatic rings. The van der Waals surface area contributed by atoms with E-state index in [1.165, 1.54) is 125 Å². The van der Waals surface area contributed by atoms with Gasteiger partial charge >= 0.3 is 59.8 Å². The van der Waals surface area contributed by atoms with Crippen LogP contribution < -0.4 is 41.4 Å². The highest BCUT2D eigenvalue weighted by atomic mass is 32.2. The Morgan fingerprint density at radius 1 is 0.606 bits per heavy atom. The first-order valence-corrected chi connectivity index (χ1v) is 34.7. The number of carboxylic acid groups (broad SMARTS) is 2. The van der Waals surface area contributed by atoms with Crippen LogP contribution in [0.2, 0.25) is 0 Å². The van der Waals surface area contributed by atoms with Crippen molar-refractivity contribution in [2.75, 3.05) is 82.8 Å². The van der Waals surface area contributed by atoms with Crippen LogP contribution in [0, 0.1) is 5.92 Å². The maximum Gasteiger partial charge on any atom is 0.412 e. The fourth-order valence-corrected chi connectivity index (χ4v) is 16.9. The molecule has 43 heteroatoms. The van der Waals surface area contributed by atoms with Crippen molar-refractivity contribution in [1.29, 1.82) is 0 Å². The maximum atomic E-state index is 14.2. The Labute approximate surface area is 577 Å². The van der Waals surface area contributed by atoms with Gasteiger partial charge in [-0.05, 0) is 70.1 Å². The zero-order valence-corrected chi connectivity index (χ0v) is 56.3. The number of aryl methyl sites for hydroxylation is 2. The van der Waals surface area contributed by atoms with Gasteiger partial charge in [0.1, 0.15) is 58.5 Å². The lowest BCUT2D eigenvalue weighted by molar-refractivity contribution is -0.164. The number of carbonyl (C=O) groups is 14. The zero-order chi connectivity index (χ0) is 70.9. The van der Waals surface area contributed by atoms with E-state index in [2.05, 4.69) is 63.0 Å². The number of tetrazole rings is 2. The van der Waals surface area contributed by atoms with Crippen LogP contribution in [-0.4, -0.2) is 286 Å². The van der Waals surface area contributed by atoms with Crippen molar-refractivity contribution in [2.45, 2.75) is 77.0 Å². The van der Waals surface area contributed by atoms with Crippen LogP contribution in [0.1, 0.15) is 42.9 Å². The third kappa shape index (κ3) is 16.0. The Morgan fingerprint density at radius 3 is 1.52 bits per heavy atom. The summed E-state index contributed by atoms with van der Waals surface area (Å²) in [6, 6.07) is 0.230. The molecule has 6 aliphatic heterocycles. The number of hydrogen-bond donors (Lipinski definition) is 8. The lowest BCUT2D eigenvalue weighted by Crippen LogP contribution is -2.76. The summed E-state index contributed by atoms with van der Waals surface area (Å²) >= 11 is 5.00. The fourth-order valence-electron chi connectivity index (χ4n) is 11.3. The number of nitrogens with zero attached hydrogens (tertiary/aromatic N) is 14. The average molecular weight is 1450 g/mol. The molecule has 39 nitrogen and oxygen atoms in total. The van der Waals surface area contributed by atoms with Crippen molar-refractivity contribution in [3.63, 3.8) is 0 Å². The van der Waals surface area contributed by atoms with Crippen LogP contribution in [0.25, 0.3) is 0 Å². The van der Waals surface area contributed by atoms with E-state index in [1.807, 2.05) is 0 Å². The Kier molecular flexibility index (Phi) is 23.1. The summed E-state index contributed by atoms with van der Waals surface area (Å²) in [5.41, 5.74) is 0.182. The quantitative estimate of drug-likeness (QED) is 0.0134. The molecule has 6 saturated heterocycles. The number of likely N-dealkylation sites (N-methyl/N-ethyl adjacent to an activating group) is 2. The smallest absolute Gasteiger partial charge is 0.412 e. The van der Waals surface area contributed by atoms with Gasteiger partial charge in [-0.1, -0.05) is 36.0 Å². The third-order valence-electron chi connectivity index (χ3n) is 16.5. The molecular formula is C56H66N20O19S4. The van der Waals surface area contributed by atoms with Crippen LogP contribution in [0.15, 0.2) is 53.7 Å². The lowest BCUT2D eigenvalue weighted by Gasteiger charge is -2.54. The van der Waals surface area contributed by atoms with Crippen LogP contribution >= 0.6 is 47.0 Å². The van der Waals surface area contributed by atoms with E-state index < -0.39 is 142 Å². The molecule has 6 aliphatic rings. The fraction of sp³-hybridized carbons (Fsp3) is 0.500. The highest BCUT2D eigenvalue weighted by Gasteiger charge is 2.60. The second-order valence-corrected chi connectivity index (χ2v) is 27.0. The molecule has 2 aromatic carbocycles. The molecule has 0 bridgehead atoms. The molecule has 8 heterocycles. The number of fused-ring (bicyclic) bond motifs is 2. The first-order chi connectivity index (χ1) is 47.5. The molecule has 99 heavy (non-hydrogen) atoms. The summed E-state index contributed by atoms with van der Waals surface area (Å²) in [5, 5.41) is 56.6. The topological polar surface area (TPSA) is 486 Å². The molecule has 0 spiro atoms. The van der Waals surface area contributed by atoms with Crippen molar-refractivity contribution in [3.05, 3.63) is 65.5 Å². The summed E-state index contributed by atoms with van der Waals surface area (Å²) in [7, 11) is 3.26. The number of piperazine rings is 2. The molecule has 0 saturated carbocycles. The molecule has 10 rings (SSSR count). The van der Waals surface area contributed by atoms with E-state index in [-0.39, 0.29) is 105 Å². The number of aliphatic carboxylic acids is 2. The summed E-state index contributed by atoms with van der Waals surface area (Å²) < 4.78 is 19.1. The molecule has 10 atom stereocenters. The molecular weight excluding hydrogens is 1390 g/mol. The molecule has 2 aromatic heterocycles. The minimum absolute atomic E-state index is 0.0258. The molecule has 14 amide bonds. The van der Waals surface area contributed by atoms with Crippen molar-refractivity contribution < 1.29 is 91.5 Å². The number of nitrogens with one attached hydrogen (secondary N) is 6. The molecule has 528 valence electrons. The second kappa shape index (κ2) is 31.8. The first kappa shape index (κ1) is 71.9.